The molecule has 0 spiro atoms. The van der Waals surface area contributed by atoms with Crippen LogP contribution in [0, 0.1) is 0 Å². The summed E-state index contributed by atoms with van der Waals surface area (Å²) in [5.41, 5.74) is 0. The highest BCUT2D eigenvalue weighted by molar-refractivity contribution is 4.47. The summed E-state index contributed by atoms with van der Waals surface area (Å²) in [6.45, 7) is 4.17. The van der Waals surface area contributed by atoms with Gasteiger partial charge in [-0.1, -0.05) is 0 Å². The van der Waals surface area contributed by atoms with Crippen LogP contribution in [0.2, 0.25) is 0 Å². The van der Waals surface area contributed by atoms with Crippen molar-refractivity contribution in [3.8, 4) is 0 Å². The quantitative estimate of drug-likeness (QED) is 0.409. The number of hydrazine groups is 2. The van der Waals surface area contributed by atoms with Gasteiger partial charge in [-0.3, -0.25) is 5.84 Å². The van der Waals surface area contributed by atoms with E-state index in [1.165, 1.54) is 0 Å². The monoisotopic (exact) mass is 117 g/mol. The molecule has 0 heterocycles. The zero-order valence-electron chi connectivity index (χ0n) is 6.05. The Morgan fingerprint density at radius 2 is 1.62 bits per heavy atom. The molecule has 0 aliphatic carbocycles. The van der Waals surface area contributed by atoms with E-state index in [9.17, 15) is 0 Å². The molecule has 0 aromatic carbocycles. The lowest BCUT2D eigenvalue weighted by Gasteiger charge is -2.26. The molecule has 0 saturated carbocycles. The number of hydrogen-bond acceptors (Lipinski definition) is 3. The van der Waals surface area contributed by atoms with Crippen molar-refractivity contribution in [3.63, 3.8) is 0 Å². The van der Waals surface area contributed by atoms with E-state index in [2.05, 4.69) is 13.8 Å². The van der Waals surface area contributed by atoms with E-state index >= 15 is 0 Å². The van der Waals surface area contributed by atoms with E-state index in [1.807, 2.05) is 19.1 Å². The third-order valence-corrected chi connectivity index (χ3v) is 1.24. The minimum absolute atomic E-state index is 0.477. The largest absolute Gasteiger partial charge is 0.255 e. The van der Waals surface area contributed by atoms with Gasteiger partial charge in [0.25, 0.3) is 0 Å². The second-order valence-electron chi connectivity index (χ2n) is 2.24. The summed E-state index contributed by atoms with van der Waals surface area (Å²) in [5, 5.41) is 3.52. The van der Waals surface area contributed by atoms with Crippen LogP contribution < -0.4 is 5.84 Å². The Labute approximate surface area is 51.0 Å². The van der Waals surface area contributed by atoms with Crippen LogP contribution in [0.5, 0.6) is 0 Å². The van der Waals surface area contributed by atoms with Crippen molar-refractivity contribution in [2.75, 3.05) is 14.1 Å². The van der Waals surface area contributed by atoms with E-state index in [1.54, 1.807) is 5.12 Å². The summed E-state index contributed by atoms with van der Waals surface area (Å²) in [4.78, 5) is 0. The molecule has 0 fully saturated rings. The Morgan fingerprint density at radius 3 is 1.62 bits per heavy atom. The second-order valence-corrected chi connectivity index (χ2v) is 2.24. The van der Waals surface area contributed by atoms with Gasteiger partial charge >= 0.3 is 0 Å². The third-order valence-electron chi connectivity index (χ3n) is 1.24. The molecule has 0 aromatic rings. The molecular weight excluding hydrogens is 102 g/mol. The van der Waals surface area contributed by atoms with Gasteiger partial charge in [0.2, 0.25) is 0 Å². The number of nitrogens with two attached hydrogens (primary N) is 1. The predicted octanol–water partition coefficient (Wildman–Crippen LogP) is 0.0471. The smallest absolute Gasteiger partial charge is 0.0199 e. The summed E-state index contributed by atoms with van der Waals surface area (Å²) >= 11 is 0. The molecule has 0 rings (SSSR count). The topological polar surface area (TPSA) is 32.5 Å². The van der Waals surface area contributed by atoms with Crippen molar-refractivity contribution in [1.29, 1.82) is 0 Å². The lowest BCUT2D eigenvalue weighted by atomic mass is 10.4. The molecule has 0 aromatic heterocycles. The standard InChI is InChI=1S/C5H15N3/c1-5(2)7(3)8(4)6/h5H,6H2,1-4H3. The fraction of sp³-hybridized carbons (Fsp3) is 1.00. The Balaban J connectivity index is 3.46. The average molecular weight is 117 g/mol. The van der Waals surface area contributed by atoms with Crippen LogP contribution >= 0.6 is 0 Å². The molecule has 0 unspecified atom stereocenters. The van der Waals surface area contributed by atoms with Gasteiger partial charge in [0.15, 0.2) is 0 Å². The fourth-order valence-electron chi connectivity index (χ4n) is 0.364. The highest BCUT2D eigenvalue weighted by atomic mass is 15.7. The molecule has 2 N–H and O–H groups in total. The molecule has 8 heavy (non-hydrogen) atoms. The van der Waals surface area contributed by atoms with Gasteiger partial charge in [0.05, 0.1) is 0 Å². The molecule has 0 amide bonds. The summed E-state index contributed by atoms with van der Waals surface area (Å²) in [6.07, 6.45) is 0. The lowest BCUT2D eigenvalue weighted by Crippen LogP contribution is -2.45. The fourth-order valence-corrected chi connectivity index (χ4v) is 0.364. The maximum Gasteiger partial charge on any atom is 0.0199 e. The van der Waals surface area contributed by atoms with E-state index in [4.69, 9.17) is 5.84 Å². The van der Waals surface area contributed by atoms with Crippen LogP contribution in [0.1, 0.15) is 13.8 Å². The van der Waals surface area contributed by atoms with Crippen LogP contribution in [-0.4, -0.2) is 30.3 Å². The second kappa shape index (κ2) is 3.02. The molecule has 0 aliphatic heterocycles. The van der Waals surface area contributed by atoms with Gasteiger partial charge in [-0.15, -0.1) is 0 Å². The van der Waals surface area contributed by atoms with Crippen molar-refractivity contribution in [2.24, 2.45) is 5.84 Å². The molecule has 0 atom stereocenters. The maximum atomic E-state index is 5.40. The van der Waals surface area contributed by atoms with Gasteiger partial charge < -0.3 is 0 Å². The highest BCUT2D eigenvalue weighted by Crippen LogP contribution is 1.91. The molecule has 0 saturated heterocycles. The Kier molecular flexibility index (Phi) is 2.97. The summed E-state index contributed by atoms with van der Waals surface area (Å²) in [7, 11) is 3.77. The first-order valence-corrected chi connectivity index (χ1v) is 2.77. The van der Waals surface area contributed by atoms with Crippen LogP contribution in [0.3, 0.4) is 0 Å². The van der Waals surface area contributed by atoms with Crippen LogP contribution in [0.25, 0.3) is 0 Å². The van der Waals surface area contributed by atoms with Gasteiger partial charge in [0.1, 0.15) is 0 Å². The first-order valence-electron chi connectivity index (χ1n) is 2.77. The number of nitrogens with zero attached hydrogens (tertiary/aromatic N) is 2. The Bertz CT molecular complexity index is 52.7. The normalized spacial score (nSPS) is 12.0. The van der Waals surface area contributed by atoms with Crippen molar-refractivity contribution in [1.82, 2.24) is 10.1 Å². The Morgan fingerprint density at radius 1 is 1.25 bits per heavy atom. The summed E-state index contributed by atoms with van der Waals surface area (Å²) in [6, 6.07) is 0.477. The molecule has 3 heteroatoms. The highest BCUT2D eigenvalue weighted by Gasteiger charge is 2.03. The molecular formula is C5H15N3. The van der Waals surface area contributed by atoms with Crippen LogP contribution in [0.4, 0.5) is 0 Å². The molecule has 0 aliphatic rings. The SMILES string of the molecule is CC(C)N(C)N(C)N. The minimum atomic E-state index is 0.477. The molecule has 0 radical (unpaired) electrons. The van der Waals surface area contributed by atoms with Crippen molar-refractivity contribution < 1.29 is 0 Å². The van der Waals surface area contributed by atoms with Crippen LogP contribution in [0.15, 0.2) is 0 Å². The van der Waals surface area contributed by atoms with Gasteiger partial charge in [-0.05, 0) is 13.8 Å². The first kappa shape index (κ1) is 7.88. The van der Waals surface area contributed by atoms with E-state index in [-0.39, 0.29) is 0 Å². The number of hydrogen-bond donors (Lipinski definition) is 1. The molecule has 3 nitrogen and oxygen atoms in total. The van der Waals surface area contributed by atoms with Crippen molar-refractivity contribution in [3.05, 3.63) is 0 Å². The van der Waals surface area contributed by atoms with E-state index in [0.29, 0.717) is 6.04 Å². The van der Waals surface area contributed by atoms with Crippen molar-refractivity contribution in [2.45, 2.75) is 19.9 Å². The minimum Gasteiger partial charge on any atom is -0.255 e. The van der Waals surface area contributed by atoms with E-state index < -0.39 is 0 Å². The van der Waals surface area contributed by atoms with Gasteiger partial charge in [-0.25, -0.2) is 5.01 Å². The van der Waals surface area contributed by atoms with Gasteiger partial charge in [0, 0.05) is 20.1 Å². The zero-order valence-corrected chi connectivity index (χ0v) is 6.05. The van der Waals surface area contributed by atoms with Gasteiger partial charge in [-0.2, -0.15) is 5.12 Å². The first-order chi connectivity index (χ1) is 3.55. The average Bonchev–Trinajstić information content (AvgIpc) is 1.64. The number of rotatable bonds is 2. The van der Waals surface area contributed by atoms with E-state index in [0.717, 1.165) is 0 Å². The third kappa shape index (κ3) is 2.26. The van der Waals surface area contributed by atoms with Crippen LogP contribution in [-0.2, 0) is 0 Å². The molecule has 50 valence electrons. The lowest BCUT2D eigenvalue weighted by molar-refractivity contribution is -0.00230. The molecule has 0 bridgehead atoms. The summed E-state index contributed by atoms with van der Waals surface area (Å²) in [5.74, 6) is 5.40. The summed E-state index contributed by atoms with van der Waals surface area (Å²) < 4.78 is 0. The van der Waals surface area contributed by atoms with Crippen molar-refractivity contribution >= 4 is 0 Å². The predicted molar refractivity (Wildman–Crippen MR) is 34.8 cm³/mol. The maximum absolute atomic E-state index is 5.40. The Hall–Kier alpha value is -0.120. The zero-order chi connectivity index (χ0) is 6.73.